The molecule has 0 aliphatic carbocycles. The van der Waals surface area contributed by atoms with E-state index in [1.165, 1.54) is 12.0 Å². The predicted molar refractivity (Wildman–Crippen MR) is 71.2 cm³/mol. The van der Waals surface area contributed by atoms with E-state index in [0.29, 0.717) is 6.04 Å². The third-order valence-corrected chi connectivity index (χ3v) is 4.11. The van der Waals surface area contributed by atoms with Gasteiger partial charge in [0.25, 0.3) is 0 Å². The fourth-order valence-electron chi connectivity index (χ4n) is 2.33. The monoisotopic (exact) mass is 299 g/mol. The van der Waals surface area contributed by atoms with Crippen molar-refractivity contribution in [3.05, 3.63) is 28.2 Å². The first kappa shape index (κ1) is 12.9. The van der Waals surface area contributed by atoms with E-state index < -0.39 is 0 Å². The van der Waals surface area contributed by atoms with Crippen molar-refractivity contribution in [2.45, 2.75) is 25.4 Å². The van der Waals surface area contributed by atoms with Crippen molar-refractivity contribution >= 4 is 15.9 Å². The van der Waals surface area contributed by atoms with Crippen LogP contribution in [0.4, 0.5) is 0 Å². The molecule has 0 spiro atoms. The summed E-state index contributed by atoms with van der Waals surface area (Å²) in [4.78, 5) is 2.33. The van der Waals surface area contributed by atoms with Crippen LogP contribution in [0.1, 0.15) is 18.4 Å². The maximum atomic E-state index is 9.31. The minimum absolute atomic E-state index is 0.252. The Balaban J connectivity index is 2.12. The van der Waals surface area contributed by atoms with E-state index in [2.05, 4.69) is 26.9 Å². The van der Waals surface area contributed by atoms with Gasteiger partial charge in [0.05, 0.1) is 13.7 Å². The molecule has 0 aromatic heterocycles. The Labute approximate surface area is 111 Å². The van der Waals surface area contributed by atoms with Crippen molar-refractivity contribution in [3.8, 4) is 5.75 Å². The molecule has 4 heteroatoms. The number of rotatable bonds is 4. The van der Waals surface area contributed by atoms with Gasteiger partial charge < -0.3 is 9.84 Å². The summed E-state index contributed by atoms with van der Waals surface area (Å²) in [6.45, 7) is 2.18. The van der Waals surface area contributed by atoms with Gasteiger partial charge in [0.2, 0.25) is 0 Å². The van der Waals surface area contributed by atoms with Gasteiger partial charge in [-0.25, -0.2) is 0 Å². The van der Waals surface area contributed by atoms with Gasteiger partial charge in [-0.3, -0.25) is 4.90 Å². The van der Waals surface area contributed by atoms with E-state index in [9.17, 15) is 5.11 Å². The largest absolute Gasteiger partial charge is 0.497 e. The lowest BCUT2D eigenvalue weighted by Crippen LogP contribution is -2.31. The summed E-state index contributed by atoms with van der Waals surface area (Å²) in [5.74, 6) is 0.878. The van der Waals surface area contributed by atoms with Gasteiger partial charge in [-0.2, -0.15) is 0 Å². The molecular weight excluding hydrogens is 282 g/mol. The van der Waals surface area contributed by atoms with Crippen LogP contribution in [-0.4, -0.2) is 36.3 Å². The molecule has 1 heterocycles. The van der Waals surface area contributed by atoms with Crippen molar-refractivity contribution in [3.63, 3.8) is 0 Å². The second-order valence-corrected chi connectivity index (χ2v) is 5.26. The van der Waals surface area contributed by atoms with Crippen molar-refractivity contribution in [1.29, 1.82) is 0 Å². The number of ether oxygens (including phenoxy) is 1. The molecule has 1 atom stereocenters. The topological polar surface area (TPSA) is 32.7 Å². The van der Waals surface area contributed by atoms with Crippen LogP contribution in [-0.2, 0) is 6.54 Å². The Morgan fingerprint density at radius 2 is 2.35 bits per heavy atom. The highest BCUT2D eigenvalue weighted by molar-refractivity contribution is 9.10. The fourth-order valence-corrected chi connectivity index (χ4v) is 2.70. The van der Waals surface area contributed by atoms with E-state index >= 15 is 0 Å². The van der Waals surface area contributed by atoms with Crippen molar-refractivity contribution in [2.24, 2.45) is 0 Å². The van der Waals surface area contributed by atoms with Crippen LogP contribution in [0.5, 0.6) is 5.75 Å². The molecule has 0 radical (unpaired) electrons. The molecule has 1 N–H and O–H groups in total. The first-order valence-corrected chi connectivity index (χ1v) is 6.71. The predicted octanol–water partition coefficient (Wildman–Crippen LogP) is 2.41. The molecule has 94 valence electrons. The molecule has 1 fully saturated rings. The van der Waals surface area contributed by atoms with Crippen LogP contribution in [0, 0.1) is 0 Å². The van der Waals surface area contributed by atoms with Crippen molar-refractivity contribution in [2.75, 3.05) is 20.3 Å². The molecule has 2 rings (SSSR count). The number of benzene rings is 1. The molecule has 1 aliphatic heterocycles. The Kier molecular flexibility index (Phi) is 4.42. The highest BCUT2D eigenvalue weighted by Crippen LogP contribution is 2.26. The standard InChI is InChI=1S/C13H18BrNO2/c1-17-12-4-5-13(14)10(7-12)8-15-6-2-3-11(15)9-16/h4-5,7,11,16H,2-3,6,8-9H2,1H3/t11-/m0/s1. The minimum Gasteiger partial charge on any atom is -0.497 e. The van der Waals surface area contributed by atoms with Crippen LogP contribution in [0.2, 0.25) is 0 Å². The Hall–Kier alpha value is -0.580. The highest BCUT2D eigenvalue weighted by Gasteiger charge is 2.24. The van der Waals surface area contributed by atoms with Crippen molar-refractivity contribution < 1.29 is 9.84 Å². The maximum absolute atomic E-state index is 9.31. The molecule has 1 aliphatic rings. The molecule has 0 unspecified atom stereocenters. The quantitative estimate of drug-likeness (QED) is 0.927. The summed E-state index contributed by atoms with van der Waals surface area (Å²) >= 11 is 3.56. The summed E-state index contributed by atoms with van der Waals surface area (Å²) in [6, 6.07) is 6.32. The van der Waals surface area contributed by atoms with Gasteiger partial charge in [-0.1, -0.05) is 15.9 Å². The van der Waals surface area contributed by atoms with Crippen LogP contribution in [0.3, 0.4) is 0 Å². The second-order valence-electron chi connectivity index (χ2n) is 4.41. The lowest BCUT2D eigenvalue weighted by Gasteiger charge is -2.23. The van der Waals surface area contributed by atoms with Crippen LogP contribution in [0.25, 0.3) is 0 Å². The summed E-state index contributed by atoms with van der Waals surface area (Å²) in [6.07, 6.45) is 2.27. The van der Waals surface area contributed by atoms with Gasteiger partial charge in [0.1, 0.15) is 5.75 Å². The summed E-state index contributed by atoms with van der Waals surface area (Å²) in [7, 11) is 1.68. The minimum atomic E-state index is 0.252. The number of nitrogens with zero attached hydrogens (tertiary/aromatic N) is 1. The maximum Gasteiger partial charge on any atom is 0.119 e. The smallest absolute Gasteiger partial charge is 0.119 e. The second kappa shape index (κ2) is 5.85. The molecule has 0 bridgehead atoms. The lowest BCUT2D eigenvalue weighted by molar-refractivity contribution is 0.153. The summed E-state index contributed by atoms with van der Waals surface area (Å²) in [5.41, 5.74) is 1.21. The van der Waals surface area contributed by atoms with Crippen LogP contribution < -0.4 is 4.74 Å². The van der Waals surface area contributed by atoms with E-state index in [1.807, 2.05) is 12.1 Å². The summed E-state index contributed by atoms with van der Waals surface area (Å²) < 4.78 is 6.34. The molecule has 1 aromatic rings. The molecule has 1 saturated heterocycles. The average Bonchev–Trinajstić information content (AvgIpc) is 2.79. The Bertz CT molecular complexity index is 384. The summed E-state index contributed by atoms with van der Waals surface area (Å²) in [5, 5.41) is 9.31. The van der Waals surface area contributed by atoms with Gasteiger partial charge in [-0.15, -0.1) is 0 Å². The lowest BCUT2D eigenvalue weighted by atomic mass is 10.2. The molecule has 0 saturated carbocycles. The van der Waals surface area contributed by atoms with Crippen LogP contribution in [0.15, 0.2) is 22.7 Å². The van der Waals surface area contributed by atoms with Gasteiger partial charge in [0.15, 0.2) is 0 Å². The van der Waals surface area contributed by atoms with E-state index in [1.54, 1.807) is 7.11 Å². The first-order chi connectivity index (χ1) is 8.24. The van der Waals surface area contributed by atoms with Gasteiger partial charge in [-0.05, 0) is 43.1 Å². The number of hydrogen-bond donors (Lipinski definition) is 1. The number of halogens is 1. The average molecular weight is 300 g/mol. The highest BCUT2D eigenvalue weighted by atomic mass is 79.9. The van der Waals surface area contributed by atoms with E-state index in [-0.39, 0.29) is 6.61 Å². The molecule has 17 heavy (non-hydrogen) atoms. The third kappa shape index (κ3) is 3.00. The number of aliphatic hydroxyl groups excluding tert-OH is 1. The molecular formula is C13H18BrNO2. The number of methoxy groups -OCH3 is 1. The van der Waals surface area contributed by atoms with Crippen LogP contribution >= 0.6 is 15.9 Å². The Morgan fingerprint density at radius 3 is 3.06 bits per heavy atom. The third-order valence-electron chi connectivity index (χ3n) is 3.34. The number of likely N-dealkylation sites (tertiary alicyclic amines) is 1. The van der Waals surface area contributed by atoms with Crippen molar-refractivity contribution in [1.82, 2.24) is 4.90 Å². The zero-order valence-electron chi connectivity index (χ0n) is 10.0. The molecule has 1 aromatic carbocycles. The first-order valence-electron chi connectivity index (χ1n) is 5.92. The Morgan fingerprint density at radius 1 is 1.53 bits per heavy atom. The number of aliphatic hydroxyl groups is 1. The van der Waals surface area contributed by atoms with Gasteiger partial charge >= 0.3 is 0 Å². The normalized spacial score (nSPS) is 20.8. The van der Waals surface area contributed by atoms with Gasteiger partial charge in [0, 0.05) is 17.1 Å². The SMILES string of the molecule is COc1ccc(Br)c(CN2CCC[C@H]2CO)c1. The fraction of sp³-hybridized carbons (Fsp3) is 0.538. The van der Waals surface area contributed by atoms with E-state index in [0.717, 1.165) is 29.7 Å². The zero-order chi connectivity index (χ0) is 12.3. The number of hydrogen-bond acceptors (Lipinski definition) is 3. The zero-order valence-corrected chi connectivity index (χ0v) is 11.6. The van der Waals surface area contributed by atoms with E-state index in [4.69, 9.17) is 4.74 Å². The molecule has 3 nitrogen and oxygen atoms in total. The molecule has 0 amide bonds.